The first-order valence-electron chi connectivity index (χ1n) is 6.10. The minimum Gasteiger partial charge on any atom is -0.381 e. The summed E-state index contributed by atoms with van der Waals surface area (Å²) in [5.74, 6) is -0.0893. The molecule has 0 bridgehead atoms. The smallest absolute Gasteiger partial charge is 0.221 e. The maximum Gasteiger partial charge on any atom is 0.221 e. The van der Waals surface area contributed by atoms with E-state index in [1.807, 2.05) is 42.5 Å². The van der Waals surface area contributed by atoms with Crippen LogP contribution in [0.4, 0.5) is 11.4 Å². The zero-order valence-electron chi connectivity index (χ0n) is 10.9. The summed E-state index contributed by atoms with van der Waals surface area (Å²) in [7, 11) is 0. The van der Waals surface area contributed by atoms with Gasteiger partial charge in [-0.05, 0) is 36.4 Å². The van der Waals surface area contributed by atoms with Gasteiger partial charge in [-0.3, -0.25) is 4.79 Å². The van der Waals surface area contributed by atoms with Gasteiger partial charge in [-0.2, -0.15) is 0 Å². The molecule has 1 amide bonds. The summed E-state index contributed by atoms with van der Waals surface area (Å²) < 4.78 is 0. The number of amides is 1. The van der Waals surface area contributed by atoms with Crippen LogP contribution in [0.2, 0.25) is 10.0 Å². The Morgan fingerprint density at radius 1 is 1.00 bits per heavy atom. The van der Waals surface area contributed by atoms with Crippen molar-refractivity contribution in [3.05, 3.63) is 58.1 Å². The van der Waals surface area contributed by atoms with Gasteiger partial charge in [-0.15, -0.1) is 0 Å². The van der Waals surface area contributed by atoms with Gasteiger partial charge in [0.25, 0.3) is 0 Å². The summed E-state index contributed by atoms with van der Waals surface area (Å²) in [5.41, 5.74) is 2.55. The third-order valence-electron chi connectivity index (χ3n) is 2.74. The van der Waals surface area contributed by atoms with Gasteiger partial charge in [-0.1, -0.05) is 29.3 Å². The van der Waals surface area contributed by atoms with Gasteiger partial charge in [0.1, 0.15) is 0 Å². The number of halogens is 2. The Morgan fingerprint density at radius 2 is 1.55 bits per heavy atom. The summed E-state index contributed by atoms with van der Waals surface area (Å²) in [4.78, 5) is 10.9. The molecule has 0 saturated heterocycles. The number of hydrogen-bond donors (Lipinski definition) is 2. The lowest BCUT2D eigenvalue weighted by molar-refractivity contribution is -0.114. The van der Waals surface area contributed by atoms with Crippen LogP contribution in [0.5, 0.6) is 0 Å². The zero-order chi connectivity index (χ0) is 14.5. The van der Waals surface area contributed by atoms with Crippen molar-refractivity contribution in [2.45, 2.75) is 13.5 Å². The Hall–Kier alpha value is -1.71. The highest BCUT2D eigenvalue weighted by Crippen LogP contribution is 2.25. The summed E-state index contributed by atoms with van der Waals surface area (Å²) in [6.07, 6.45) is 0. The monoisotopic (exact) mass is 308 g/mol. The standard InChI is InChI=1S/C15H14Cl2N2O/c1-10(20)19-12-7-5-11(6-8-12)18-9-13-14(16)3-2-4-15(13)17/h2-8,18H,9H2,1H3,(H,19,20). The molecule has 0 saturated carbocycles. The molecule has 0 atom stereocenters. The Morgan fingerprint density at radius 3 is 2.10 bits per heavy atom. The summed E-state index contributed by atoms with van der Waals surface area (Å²) in [6.45, 7) is 2.02. The van der Waals surface area contributed by atoms with Gasteiger partial charge in [-0.25, -0.2) is 0 Å². The Balaban J connectivity index is 2.02. The maximum atomic E-state index is 10.9. The van der Waals surface area contributed by atoms with E-state index in [4.69, 9.17) is 23.2 Å². The van der Waals surface area contributed by atoms with Crippen molar-refractivity contribution in [2.75, 3.05) is 10.6 Å². The van der Waals surface area contributed by atoms with Gasteiger partial charge < -0.3 is 10.6 Å². The second-order valence-electron chi connectivity index (χ2n) is 4.31. The molecule has 2 N–H and O–H groups in total. The summed E-state index contributed by atoms with van der Waals surface area (Å²) >= 11 is 12.2. The van der Waals surface area contributed by atoms with Gasteiger partial charge in [0.05, 0.1) is 0 Å². The fourth-order valence-electron chi connectivity index (χ4n) is 1.77. The molecular formula is C15H14Cl2N2O. The average Bonchev–Trinajstić information content (AvgIpc) is 2.39. The first-order valence-corrected chi connectivity index (χ1v) is 6.86. The molecule has 0 aliphatic heterocycles. The van der Waals surface area contributed by atoms with Crippen molar-refractivity contribution in [1.82, 2.24) is 0 Å². The zero-order valence-corrected chi connectivity index (χ0v) is 12.4. The highest BCUT2D eigenvalue weighted by Gasteiger charge is 2.05. The van der Waals surface area contributed by atoms with E-state index in [-0.39, 0.29) is 5.91 Å². The van der Waals surface area contributed by atoms with Crippen LogP contribution in [0.25, 0.3) is 0 Å². The van der Waals surface area contributed by atoms with Crippen molar-refractivity contribution in [3.8, 4) is 0 Å². The lowest BCUT2D eigenvalue weighted by Gasteiger charge is -2.10. The molecule has 2 rings (SSSR count). The number of rotatable bonds is 4. The highest BCUT2D eigenvalue weighted by molar-refractivity contribution is 6.36. The third-order valence-corrected chi connectivity index (χ3v) is 3.44. The first-order chi connectivity index (χ1) is 9.56. The molecule has 0 fully saturated rings. The molecule has 3 nitrogen and oxygen atoms in total. The Kier molecular flexibility index (Phi) is 4.88. The van der Waals surface area contributed by atoms with Gasteiger partial charge in [0, 0.05) is 40.5 Å². The van der Waals surface area contributed by atoms with Crippen LogP contribution < -0.4 is 10.6 Å². The molecular weight excluding hydrogens is 295 g/mol. The van der Waals surface area contributed by atoms with Crippen molar-refractivity contribution in [1.29, 1.82) is 0 Å². The number of anilines is 2. The predicted octanol–water partition coefficient (Wildman–Crippen LogP) is 4.56. The molecule has 2 aromatic rings. The van der Waals surface area contributed by atoms with Crippen LogP contribution in [-0.4, -0.2) is 5.91 Å². The summed E-state index contributed by atoms with van der Waals surface area (Å²) in [6, 6.07) is 12.9. The molecule has 0 aliphatic rings. The quantitative estimate of drug-likeness (QED) is 0.869. The van der Waals surface area contributed by atoms with Crippen LogP contribution in [0, 0.1) is 0 Å². The van der Waals surface area contributed by atoms with Crippen molar-refractivity contribution in [2.24, 2.45) is 0 Å². The van der Waals surface area contributed by atoms with Crippen molar-refractivity contribution >= 4 is 40.5 Å². The molecule has 0 spiro atoms. The molecule has 104 valence electrons. The number of carbonyl (C=O) groups excluding carboxylic acids is 1. The van der Waals surface area contributed by atoms with Gasteiger partial charge >= 0.3 is 0 Å². The van der Waals surface area contributed by atoms with Crippen LogP contribution in [0.3, 0.4) is 0 Å². The third kappa shape index (κ3) is 3.89. The van der Waals surface area contributed by atoms with E-state index < -0.39 is 0 Å². The second kappa shape index (κ2) is 6.64. The van der Waals surface area contributed by atoms with Crippen molar-refractivity contribution < 1.29 is 4.79 Å². The maximum absolute atomic E-state index is 10.9. The van der Waals surface area contributed by atoms with Crippen LogP contribution in [-0.2, 0) is 11.3 Å². The van der Waals surface area contributed by atoms with E-state index >= 15 is 0 Å². The number of benzene rings is 2. The first kappa shape index (κ1) is 14.7. The Labute approximate surface area is 127 Å². The molecule has 0 radical (unpaired) electrons. The van der Waals surface area contributed by atoms with E-state index in [1.54, 1.807) is 0 Å². The fraction of sp³-hybridized carbons (Fsp3) is 0.133. The topological polar surface area (TPSA) is 41.1 Å². The largest absolute Gasteiger partial charge is 0.381 e. The lowest BCUT2D eigenvalue weighted by atomic mass is 10.2. The molecule has 20 heavy (non-hydrogen) atoms. The Bertz CT molecular complexity index is 592. The van der Waals surface area contributed by atoms with Gasteiger partial charge in [0.2, 0.25) is 5.91 Å². The predicted molar refractivity (Wildman–Crippen MR) is 84.5 cm³/mol. The van der Waals surface area contributed by atoms with E-state index in [0.717, 1.165) is 16.9 Å². The fourth-order valence-corrected chi connectivity index (χ4v) is 2.30. The molecule has 5 heteroatoms. The molecule has 2 aromatic carbocycles. The molecule has 0 heterocycles. The number of carbonyl (C=O) groups is 1. The van der Waals surface area contributed by atoms with Gasteiger partial charge in [0.15, 0.2) is 0 Å². The normalized spacial score (nSPS) is 10.2. The molecule has 0 unspecified atom stereocenters. The average molecular weight is 309 g/mol. The van der Waals surface area contributed by atoms with E-state index in [9.17, 15) is 4.79 Å². The number of nitrogens with one attached hydrogen (secondary N) is 2. The van der Waals surface area contributed by atoms with E-state index in [2.05, 4.69) is 10.6 Å². The SMILES string of the molecule is CC(=O)Nc1ccc(NCc2c(Cl)cccc2Cl)cc1. The highest BCUT2D eigenvalue weighted by atomic mass is 35.5. The minimum absolute atomic E-state index is 0.0893. The van der Waals surface area contributed by atoms with Crippen molar-refractivity contribution in [3.63, 3.8) is 0 Å². The van der Waals surface area contributed by atoms with Crippen LogP contribution in [0.1, 0.15) is 12.5 Å². The number of hydrogen-bond acceptors (Lipinski definition) is 2. The lowest BCUT2D eigenvalue weighted by Crippen LogP contribution is -2.06. The minimum atomic E-state index is -0.0893. The van der Waals surface area contributed by atoms with E-state index in [1.165, 1.54) is 6.92 Å². The molecule has 0 aliphatic carbocycles. The van der Waals surface area contributed by atoms with E-state index in [0.29, 0.717) is 16.6 Å². The van der Waals surface area contributed by atoms with Crippen LogP contribution in [0.15, 0.2) is 42.5 Å². The van der Waals surface area contributed by atoms with Crippen LogP contribution >= 0.6 is 23.2 Å². The second-order valence-corrected chi connectivity index (χ2v) is 5.13. The summed E-state index contributed by atoms with van der Waals surface area (Å²) in [5, 5.41) is 7.23. The molecule has 0 aromatic heterocycles.